The van der Waals surface area contributed by atoms with Crippen molar-refractivity contribution in [1.82, 2.24) is 20.4 Å². The van der Waals surface area contributed by atoms with E-state index >= 15 is 0 Å². The Morgan fingerprint density at radius 1 is 1.12 bits per heavy atom. The third-order valence-corrected chi connectivity index (χ3v) is 4.78. The molecule has 5 heteroatoms. The van der Waals surface area contributed by atoms with Gasteiger partial charge in [-0.2, -0.15) is 0 Å². The molecule has 2 rings (SSSR count). The fourth-order valence-electron chi connectivity index (χ4n) is 3.17. The van der Waals surface area contributed by atoms with Crippen molar-refractivity contribution in [3.05, 3.63) is 35.9 Å². The van der Waals surface area contributed by atoms with Crippen LogP contribution in [-0.2, 0) is 6.42 Å². The zero-order chi connectivity index (χ0) is 17.9. The van der Waals surface area contributed by atoms with E-state index in [0.717, 1.165) is 38.4 Å². The largest absolute Gasteiger partial charge is 0.356 e. The van der Waals surface area contributed by atoms with Gasteiger partial charge in [-0.15, -0.1) is 0 Å². The summed E-state index contributed by atoms with van der Waals surface area (Å²) in [5.74, 6) is 1.53. The molecule has 0 aliphatic carbocycles. The molecule has 5 nitrogen and oxygen atoms in total. The van der Waals surface area contributed by atoms with Gasteiger partial charge in [-0.3, -0.25) is 4.99 Å². The van der Waals surface area contributed by atoms with Gasteiger partial charge in [0.15, 0.2) is 5.96 Å². The van der Waals surface area contributed by atoms with Crippen molar-refractivity contribution in [2.24, 2.45) is 10.9 Å². The Kier molecular flexibility index (Phi) is 8.77. The molecule has 1 saturated heterocycles. The van der Waals surface area contributed by atoms with Gasteiger partial charge in [0, 0.05) is 52.9 Å². The number of benzene rings is 1. The molecular formula is C20H35N5. The summed E-state index contributed by atoms with van der Waals surface area (Å²) < 4.78 is 0. The normalized spacial score (nSPS) is 18.1. The maximum absolute atomic E-state index is 4.34. The predicted molar refractivity (Wildman–Crippen MR) is 107 cm³/mol. The van der Waals surface area contributed by atoms with Crippen molar-refractivity contribution < 1.29 is 0 Å². The van der Waals surface area contributed by atoms with Crippen LogP contribution in [0.5, 0.6) is 0 Å². The summed E-state index contributed by atoms with van der Waals surface area (Å²) in [5.41, 5.74) is 1.40. The van der Waals surface area contributed by atoms with Crippen molar-refractivity contribution in [3.8, 4) is 0 Å². The van der Waals surface area contributed by atoms with Crippen LogP contribution in [-0.4, -0.2) is 75.7 Å². The van der Waals surface area contributed by atoms with Crippen LogP contribution >= 0.6 is 0 Å². The van der Waals surface area contributed by atoms with Gasteiger partial charge in [-0.1, -0.05) is 37.3 Å². The first-order chi connectivity index (χ1) is 12.2. The van der Waals surface area contributed by atoms with Gasteiger partial charge in [0.2, 0.25) is 0 Å². The highest BCUT2D eigenvalue weighted by Gasteiger charge is 2.16. The van der Waals surface area contributed by atoms with Crippen LogP contribution in [0.1, 0.15) is 18.9 Å². The van der Waals surface area contributed by atoms with E-state index in [2.05, 4.69) is 69.7 Å². The monoisotopic (exact) mass is 345 g/mol. The maximum Gasteiger partial charge on any atom is 0.190 e. The molecule has 140 valence electrons. The number of aryl methyl sites for hydroxylation is 1. The first kappa shape index (κ1) is 19.7. The topological polar surface area (TPSA) is 42.9 Å². The predicted octanol–water partition coefficient (Wildman–Crippen LogP) is 1.67. The highest BCUT2D eigenvalue weighted by Crippen LogP contribution is 2.04. The highest BCUT2D eigenvalue weighted by atomic mass is 15.2. The van der Waals surface area contributed by atoms with E-state index in [4.69, 9.17) is 0 Å². The van der Waals surface area contributed by atoms with E-state index in [1.54, 1.807) is 0 Å². The summed E-state index contributed by atoms with van der Waals surface area (Å²) in [4.78, 5) is 9.31. The molecule has 0 aromatic heterocycles. The molecule has 1 aromatic rings. The number of rotatable bonds is 8. The average Bonchev–Trinajstić information content (AvgIpc) is 2.64. The number of likely N-dealkylation sites (N-methyl/N-ethyl adjacent to an activating group) is 1. The van der Waals surface area contributed by atoms with Crippen molar-refractivity contribution in [2.75, 3.05) is 59.9 Å². The summed E-state index contributed by atoms with van der Waals surface area (Å²) in [7, 11) is 4.05. The molecule has 1 fully saturated rings. The smallest absolute Gasteiger partial charge is 0.190 e. The molecule has 2 N–H and O–H groups in total. The van der Waals surface area contributed by atoms with Crippen molar-refractivity contribution in [1.29, 1.82) is 0 Å². The lowest BCUT2D eigenvalue weighted by Crippen LogP contribution is -2.47. The highest BCUT2D eigenvalue weighted by molar-refractivity contribution is 5.79. The lowest BCUT2D eigenvalue weighted by Gasteiger charge is -2.34. The Balaban J connectivity index is 1.58. The van der Waals surface area contributed by atoms with Crippen molar-refractivity contribution in [2.45, 2.75) is 19.8 Å². The second-order valence-electron chi connectivity index (χ2n) is 7.18. The molecule has 0 amide bonds. The molecule has 0 bridgehead atoms. The second-order valence-corrected chi connectivity index (χ2v) is 7.18. The Labute approximate surface area is 153 Å². The molecule has 0 spiro atoms. The number of nitrogens with zero attached hydrogens (tertiary/aromatic N) is 3. The van der Waals surface area contributed by atoms with E-state index in [1.165, 1.54) is 31.7 Å². The van der Waals surface area contributed by atoms with Gasteiger partial charge in [0.1, 0.15) is 0 Å². The summed E-state index contributed by atoms with van der Waals surface area (Å²) in [6.07, 6.45) is 2.21. The zero-order valence-corrected chi connectivity index (χ0v) is 16.2. The summed E-state index contributed by atoms with van der Waals surface area (Å²) >= 11 is 0. The van der Waals surface area contributed by atoms with Gasteiger partial charge in [0.25, 0.3) is 0 Å². The van der Waals surface area contributed by atoms with Crippen LogP contribution in [0.15, 0.2) is 35.3 Å². The van der Waals surface area contributed by atoms with Gasteiger partial charge >= 0.3 is 0 Å². The van der Waals surface area contributed by atoms with Crippen LogP contribution in [0.3, 0.4) is 0 Å². The van der Waals surface area contributed by atoms with Crippen LogP contribution in [0.25, 0.3) is 0 Å². The van der Waals surface area contributed by atoms with Crippen LogP contribution in [0.2, 0.25) is 0 Å². The second kappa shape index (κ2) is 11.1. The lowest BCUT2D eigenvalue weighted by atomic mass is 10.1. The molecule has 1 aromatic carbocycles. The van der Waals surface area contributed by atoms with E-state index < -0.39 is 0 Å². The molecule has 0 radical (unpaired) electrons. The van der Waals surface area contributed by atoms with Crippen molar-refractivity contribution in [3.63, 3.8) is 0 Å². The first-order valence-electron chi connectivity index (χ1n) is 9.56. The molecular weight excluding hydrogens is 310 g/mol. The Hall–Kier alpha value is -1.59. The third kappa shape index (κ3) is 7.88. The lowest BCUT2D eigenvalue weighted by molar-refractivity contribution is 0.139. The standard InChI is InChI=1S/C20H35N5/c1-18(17-25-14-12-24(3)13-15-25)16-23-20(21-2)22-11-7-10-19-8-5-4-6-9-19/h4-6,8-9,18H,7,10-17H2,1-3H3,(H2,21,22,23). The SMILES string of the molecule is CN=C(NCCCc1ccccc1)NCC(C)CN1CCN(C)CC1. The first-order valence-corrected chi connectivity index (χ1v) is 9.56. The van der Waals surface area contributed by atoms with Gasteiger partial charge < -0.3 is 20.4 Å². The number of aliphatic imine (C=N–C) groups is 1. The van der Waals surface area contributed by atoms with E-state index in [1.807, 2.05) is 7.05 Å². The number of guanidine groups is 1. The van der Waals surface area contributed by atoms with E-state index in [9.17, 15) is 0 Å². The van der Waals surface area contributed by atoms with Crippen LogP contribution in [0.4, 0.5) is 0 Å². The van der Waals surface area contributed by atoms with Gasteiger partial charge in [-0.05, 0) is 31.4 Å². The molecule has 1 aliphatic heterocycles. The molecule has 1 atom stereocenters. The molecule has 1 aliphatic rings. The fraction of sp³-hybridized carbons (Fsp3) is 0.650. The molecule has 1 heterocycles. The van der Waals surface area contributed by atoms with Gasteiger partial charge in [0.05, 0.1) is 0 Å². The van der Waals surface area contributed by atoms with Gasteiger partial charge in [-0.25, -0.2) is 0 Å². The minimum Gasteiger partial charge on any atom is -0.356 e. The summed E-state index contributed by atoms with van der Waals surface area (Å²) in [6, 6.07) is 10.6. The summed E-state index contributed by atoms with van der Waals surface area (Å²) in [6.45, 7) is 10.1. The Bertz CT molecular complexity index is 494. The molecule has 1 unspecified atom stereocenters. The average molecular weight is 346 g/mol. The third-order valence-electron chi connectivity index (χ3n) is 4.78. The van der Waals surface area contributed by atoms with Crippen LogP contribution < -0.4 is 10.6 Å². The van der Waals surface area contributed by atoms with Crippen LogP contribution in [0, 0.1) is 5.92 Å². The number of hydrogen-bond donors (Lipinski definition) is 2. The van der Waals surface area contributed by atoms with E-state index in [-0.39, 0.29) is 0 Å². The Morgan fingerprint density at radius 3 is 2.52 bits per heavy atom. The molecule has 0 saturated carbocycles. The minimum atomic E-state index is 0.617. The number of hydrogen-bond acceptors (Lipinski definition) is 3. The fourth-order valence-corrected chi connectivity index (χ4v) is 3.17. The zero-order valence-electron chi connectivity index (χ0n) is 16.2. The Morgan fingerprint density at radius 2 is 1.84 bits per heavy atom. The van der Waals surface area contributed by atoms with E-state index in [0.29, 0.717) is 5.92 Å². The number of piperazine rings is 1. The van der Waals surface area contributed by atoms with Crippen molar-refractivity contribution >= 4 is 5.96 Å². The quantitative estimate of drug-likeness (QED) is 0.427. The number of nitrogens with one attached hydrogen (secondary N) is 2. The summed E-state index contributed by atoms with van der Waals surface area (Å²) in [5, 5.41) is 6.89. The maximum atomic E-state index is 4.34. The minimum absolute atomic E-state index is 0.617. The molecule has 25 heavy (non-hydrogen) atoms.